The number of likely N-dealkylation sites (tertiary alicyclic amines) is 1. The number of carboxylic acids is 1. The third kappa shape index (κ3) is 3.56. The summed E-state index contributed by atoms with van der Waals surface area (Å²) < 4.78 is 38.9. The minimum absolute atomic E-state index is 0.106. The normalized spacial score (nSPS) is 22.6. The van der Waals surface area contributed by atoms with Crippen LogP contribution in [0.3, 0.4) is 0 Å². The van der Waals surface area contributed by atoms with Crippen LogP contribution in [0, 0.1) is 11.8 Å². The SMILES string of the molecule is O=C(O)[C@@H]1CN(Cc2csc(-c3ccsc3)n2)C[C@H]1C(F)(F)F. The van der Waals surface area contributed by atoms with Crippen molar-refractivity contribution in [3.8, 4) is 10.6 Å². The van der Waals surface area contributed by atoms with Crippen LogP contribution in [0.15, 0.2) is 22.2 Å². The Bertz CT molecular complexity index is 685. The van der Waals surface area contributed by atoms with Gasteiger partial charge in [-0.25, -0.2) is 4.98 Å². The van der Waals surface area contributed by atoms with Crippen molar-refractivity contribution in [2.24, 2.45) is 11.8 Å². The lowest BCUT2D eigenvalue weighted by molar-refractivity contribution is -0.188. The van der Waals surface area contributed by atoms with Crippen LogP contribution >= 0.6 is 22.7 Å². The van der Waals surface area contributed by atoms with E-state index in [9.17, 15) is 18.0 Å². The Morgan fingerprint density at radius 3 is 2.74 bits per heavy atom. The van der Waals surface area contributed by atoms with Crippen molar-refractivity contribution in [3.05, 3.63) is 27.9 Å². The highest BCUT2D eigenvalue weighted by molar-refractivity contribution is 7.14. The summed E-state index contributed by atoms with van der Waals surface area (Å²) in [6.45, 7) is -0.173. The maximum Gasteiger partial charge on any atom is 0.393 e. The molecule has 0 saturated carbocycles. The lowest BCUT2D eigenvalue weighted by Crippen LogP contribution is -2.33. The van der Waals surface area contributed by atoms with Crippen LogP contribution in [-0.4, -0.2) is 40.2 Å². The predicted octanol–water partition coefficient (Wildman–Crippen LogP) is 3.57. The molecule has 0 unspecified atom stereocenters. The van der Waals surface area contributed by atoms with Gasteiger partial charge >= 0.3 is 12.1 Å². The number of nitrogens with zero attached hydrogens (tertiary/aromatic N) is 2. The second-order valence-electron chi connectivity index (χ2n) is 5.44. The molecule has 0 radical (unpaired) electrons. The van der Waals surface area contributed by atoms with Gasteiger partial charge in [-0.05, 0) is 11.4 Å². The Kier molecular flexibility index (Phi) is 4.43. The summed E-state index contributed by atoms with van der Waals surface area (Å²) in [6, 6.07) is 1.93. The van der Waals surface area contributed by atoms with E-state index in [-0.39, 0.29) is 19.6 Å². The average molecular weight is 362 g/mol. The van der Waals surface area contributed by atoms with Gasteiger partial charge in [0.1, 0.15) is 5.01 Å². The first-order valence-corrected chi connectivity index (χ1v) is 8.65. The molecule has 0 aliphatic carbocycles. The Hall–Kier alpha value is -1.45. The summed E-state index contributed by atoms with van der Waals surface area (Å²) in [6.07, 6.45) is -4.50. The zero-order chi connectivity index (χ0) is 16.6. The molecule has 0 amide bonds. The van der Waals surface area contributed by atoms with Crippen molar-refractivity contribution in [1.29, 1.82) is 0 Å². The summed E-state index contributed by atoms with van der Waals surface area (Å²) >= 11 is 2.98. The smallest absolute Gasteiger partial charge is 0.393 e. The Labute approximate surface area is 138 Å². The van der Waals surface area contributed by atoms with Gasteiger partial charge in [-0.2, -0.15) is 24.5 Å². The van der Waals surface area contributed by atoms with Gasteiger partial charge in [0.15, 0.2) is 0 Å². The van der Waals surface area contributed by atoms with E-state index < -0.39 is 24.0 Å². The van der Waals surface area contributed by atoms with Crippen LogP contribution < -0.4 is 0 Å². The molecule has 9 heteroatoms. The molecule has 3 heterocycles. The van der Waals surface area contributed by atoms with E-state index in [1.54, 1.807) is 11.3 Å². The largest absolute Gasteiger partial charge is 0.481 e. The molecule has 1 saturated heterocycles. The molecular formula is C14H13F3N2O2S2. The molecule has 1 N–H and O–H groups in total. The molecule has 2 atom stereocenters. The van der Waals surface area contributed by atoms with E-state index in [2.05, 4.69) is 4.98 Å². The van der Waals surface area contributed by atoms with Crippen LogP contribution in [0.5, 0.6) is 0 Å². The van der Waals surface area contributed by atoms with Crippen LogP contribution in [0.2, 0.25) is 0 Å². The molecule has 23 heavy (non-hydrogen) atoms. The standard InChI is InChI=1S/C14H13F3N2O2S2/c15-14(16,17)11-5-19(4-10(11)13(20)21)3-9-7-23-12(18-9)8-1-2-22-6-8/h1-2,6-7,10-11H,3-5H2,(H,20,21)/t10-,11-/m1/s1. The molecule has 0 aromatic carbocycles. The first-order valence-electron chi connectivity index (χ1n) is 6.83. The number of hydrogen-bond acceptors (Lipinski definition) is 5. The predicted molar refractivity (Wildman–Crippen MR) is 81.4 cm³/mol. The lowest BCUT2D eigenvalue weighted by Gasteiger charge is -2.18. The number of rotatable bonds is 4. The molecule has 1 aliphatic rings. The Morgan fingerprint density at radius 2 is 2.17 bits per heavy atom. The summed E-state index contributed by atoms with van der Waals surface area (Å²) in [5.41, 5.74) is 1.66. The van der Waals surface area contributed by atoms with Crippen molar-refractivity contribution in [3.63, 3.8) is 0 Å². The molecule has 0 spiro atoms. The molecule has 2 aromatic heterocycles. The van der Waals surface area contributed by atoms with Crippen molar-refractivity contribution >= 4 is 28.6 Å². The minimum Gasteiger partial charge on any atom is -0.481 e. The van der Waals surface area contributed by atoms with Gasteiger partial charge in [-0.1, -0.05) is 0 Å². The summed E-state index contributed by atoms with van der Waals surface area (Å²) in [5.74, 6) is -4.63. The summed E-state index contributed by atoms with van der Waals surface area (Å²) in [5, 5.41) is 15.5. The highest BCUT2D eigenvalue weighted by Crippen LogP contribution is 2.38. The number of alkyl halides is 3. The van der Waals surface area contributed by atoms with E-state index >= 15 is 0 Å². The number of thiophene rings is 1. The molecule has 2 aromatic rings. The summed E-state index contributed by atoms with van der Waals surface area (Å²) in [7, 11) is 0. The van der Waals surface area contributed by atoms with Gasteiger partial charge in [0.25, 0.3) is 0 Å². The lowest BCUT2D eigenvalue weighted by atomic mass is 9.96. The van der Waals surface area contributed by atoms with Gasteiger partial charge in [0.05, 0.1) is 17.5 Å². The molecular weight excluding hydrogens is 349 g/mol. The van der Waals surface area contributed by atoms with Crippen molar-refractivity contribution < 1.29 is 23.1 Å². The maximum atomic E-state index is 13.0. The first-order chi connectivity index (χ1) is 10.8. The average Bonchev–Trinajstić information content (AvgIpc) is 3.17. The number of aliphatic carboxylic acids is 1. The quantitative estimate of drug-likeness (QED) is 0.904. The highest BCUT2D eigenvalue weighted by Gasteiger charge is 2.52. The van der Waals surface area contributed by atoms with Gasteiger partial charge in [0, 0.05) is 36.0 Å². The van der Waals surface area contributed by atoms with Crippen LogP contribution in [0.1, 0.15) is 5.69 Å². The summed E-state index contributed by atoms with van der Waals surface area (Å²) in [4.78, 5) is 17.0. The third-order valence-electron chi connectivity index (χ3n) is 3.84. The molecule has 3 rings (SSSR count). The van der Waals surface area contributed by atoms with Gasteiger partial charge < -0.3 is 5.11 Å². The fourth-order valence-electron chi connectivity index (χ4n) is 2.72. The Morgan fingerprint density at radius 1 is 1.39 bits per heavy atom. The molecule has 1 aliphatic heterocycles. The van der Waals surface area contributed by atoms with Gasteiger partial charge in [0.2, 0.25) is 0 Å². The van der Waals surface area contributed by atoms with Crippen molar-refractivity contribution in [2.75, 3.05) is 13.1 Å². The number of halogens is 3. The maximum absolute atomic E-state index is 13.0. The van der Waals surface area contributed by atoms with E-state index in [1.165, 1.54) is 16.2 Å². The minimum atomic E-state index is -4.50. The van der Waals surface area contributed by atoms with Gasteiger partial charge in [-0.3, -0.25) is 9.69 Å². The van der Waals surface area contributed by atoms with E-state index in [4.69, 9.17) is 5.11 Å². The number of hydrogen-bond donors (Lipinski definition) is 1. The van der Waals surface area contributed by atoms with Crippen molar-refractivity contribution in [1.82, 2.24) is 9.88 Å². The number of carbonyl (C=O) groups is 1. The van der Waals surface area contributed by atoms with Crippen LogP contribution in [0.4, 0.5) is 13.2 Å². The number of carboxylic acid groups (broad SMARTS) is 1. The Balaban J connectivity index is 1.70. The second kappa shape index (κ2) is 6.21. The highest BCUT2D eigenvalue weighted by atomic mass is 32.1. The fraction of sp³-hybridized carbons (Fsp3) is 0.429. The molecule has 4 nitrogen and oxygen atoms in total. The number of thiazole rings is 1. The van der Waals surface area contributed by atoms with E-state index in [1.807, 2.05) is 22.2 Å². The second-order valence-corrected chi connectivity index (χ2v) is 7.08. The van der Waals surface area contributed by atoms with E-state index in [0.29, 0.717) is 5.69 Å². The van der Waals surface area contributed by atoms with Crippen molar-refractivity contribution in [2.45, 2.75) is 12.7 Å². The zero-order valence-corrected chi connectivity index (χ0v) is 13.4. The zero-order valence-electron chi connectivity index (χ0n) is 11.8. The fourth-order valence-corrected chi connectivity index (χ4v) is 4.25. The monoisotopic (exact) mass is 362 g/mol. The van der Waals surface area contributed by atoms with Gasteiger partial charge in [-0.15, -0.1) is 11.3 Å². The molecule has 1 fully saturated rings. The first kappa shape index (κ1) is 16.4. The third-order valence-corrected chi connectivity index (χ3v) is 5.46. The number of aromatic nitrogens is 1. The molecule has 124 valence electrons. The van der Waals surface area contributed by atoms with Crippen LogP contribution in [-0.2, 0) is 11.3 Å². The molecule has 0 bridgehead atoms. The topological polar surface area (TPSA) is 53.4 Å². The van der Waals surface area contributed by atoms with E-state index in [0.717, 1.165) is 10.6 Å². The van der Waals surface area contributed by atoms with Crippen LogP contribution in [0.25, 0.3) is 10.6 Å².